The largest absolute Gasteiger partial charge is 0.481 e. The number of carbonyl (C=O) groups is 2. The fourth-order valence-corrected chi connectivity index (χ4v) is 3.34. The lowest BCUT2D eigenvalue weighted by molar-refractivity contribution is -0.153. The summed E-state index contributed by atoms with van der Waals surface area (Å²) in [6.45, 7) is 1.40. The van der Waals surface area contributed by atoms with Gasteiger partial charge in [0.05, 0.1) is 4.47 Å². The van der Waals surface area contributed by atoms with E-state index in [0.29, 0.717) is 36.4 Å². The van der Waals surface area contributed by atoms with E-state index < -0.39 is 18.4 Å². The van der Waals surface area contributed by atoms with Crippen LogP contribution in [0.25, 0.3) is 0 Å². The van der Waals surface area contributed by atoms with Crippen molar-refractivity contribution in [2.24, 2.45) is 0 Å². The van der Waals surface area contributed by atoms with Gasteiger partial charge in [0.15, 0.2) is 13.2 Å². The van der Waals surface area contributed by atoms with Gasteiger partial charge in [-0.3, -0.25) is 4.79 Å². The molecular formula is C20H19BrF2N2O4. The Bertz CT molecular complexity index is 871. The number of hydrogen-bond acceptors (Lipinski definition) is 5. The van der Waals surface area contributed by atoms with Crippen LogP contribution >= 0.6 is 15.9 Å². The van der Waals surface area contributed by atoms with Crippen molar-refractivity contribution in [1.29, 1.82) is 0 Å². The second-order valence-corrected chi connectivity index (χ2v) is 7.22. The molecule has 0 spiro atoms. The van der Waals surface area contributed by atoms with Crippen LogP contribution in [0.15, 0.2) is 46.9 Å². The molecule has 0 saturated carbocycles. The second-order valence-electron chi connectivity index (χ2n) is 6.37. The minimum atomic E-state index is -0.695. The molecule has 2 aromatic rings. The van der Waals surface area contributed by atoms with Crippen LogP contribution in [0, 0.1) is 11.6 Å². The number of hydrogen-bond donors (Lipinski definition) is 0. The van der Waals surface area contributed by atoms with Crippen molar-refractivity contribution in [2.45, 2.75) is 0 Å². The van der Waals surface area contributed by atoms with Gasteiger partial charge in [-0.15, -0.1) is 0 Å². The molecule has 9 heteroatoms. The highest BCUT2D eigenvalue weighted by molar-refractivity contribution is 9.10. The molecule has 1 fully saturated rings. The zero-order valence-corrected chi connectivity index (χ0v) is 17.0. The molecule has 3 rings (SSSR count). The highest BCUT2D eigenvalue weighted by Gasteiger charge is 2.22. The molecule has 0 radical (unpaired) electrons. The Balaban J connectivity index is 1.39. The van der Waals surface area contributed by atoms with Crippen LogP contribution in [-0.2, 0) is 14.3 Å². The van der Waals surface area contributed by atoms with Gasteiger partial charge in [0.25, 0.3) is 5.91 Å². The summed E-state index contributed by atoms with van der Waals surface area (Å²) < 4.78 is 36.7. The van der Waals surface area contributed by atoms with Crippen LogP contribution in [0.4, 0.5) is 14.5 Å². The SMILES string of the molecule is O=C(COc1ccc(F)cc1Br)OCC(=O)N1CCN(c2ccc(F)cc2)CC1. The molecule has 1 heterocycles. The molecule has 0 bridgehead atoms. The zero-order chi connectivity index (χ0) is 20.8. The number of anilines is 1. The number of rotatable bonds is 6. The Morgan fingerprint density at radius 1 is 0.931 bits per heavy atom. The van der Waals surface area contributed by atoms with E-state index in [0.717, 1.165) is 5.69 Å². The third-order valence-corrected chi connectivity index (χ3v) is 5.04. The summed E-state index contributed by atoms with van der Waals surface area (Å²) in [6, 6.07) is 10.0. The van der Waals surface area contributed by atoms with Crippen LogP contribution in [0.3, 0.4) is 0 Å². The number of nitrogens with zero attached hydrogens (tertiary/aromatic N) is 2. The first-order valence-corrected chi connectivity index (χ1v) is 9.73. The predicted molar refractivity (Wildman–Crippen MR) is 106 cm³/mol. The van der Waals surface area contributed by atoms with Gasteiger partial charge in [-0.05, 0) is 58.4 Å². The van der Waals surface area contributed by atoms with E-state index in [2.05, 4.69) is 20.8 Å². The molecule has 0 aliphatic carbocycles. The standard InChI is InChI=1S/C20H19BrF2N2O4/c21-17-11-15(23)3-6-18(17)28-13-20(27)29-12-19(26)25-9-7-24(8-10-25)16-4-1-14(22)2-5-16/h1-6,11H,7-10,12-13H2. The molecule has 0 N–H and O–H groups in total. The van der Waals surface area contributed by atoms with Crippen molar-refractivity contribution in [3.63, 3.8) is 0 Å². The van der Waals surface area contributed by atoms with E-state index in [-0.39, 0.29) is 18.3 Å². The maximum absolute atomic E-state index is 13.0. The minimum Gasteiger partial charge on any atom is -0.481 e. The van der Waals surface area contributed by atoms with Crippen LogP contribution in [-0.4, -0.2) is 56.2 Å². The van der Waals surface area contributed by atoms with Gasteiger partial charge in [0.1, 0.15) is 17.4 Å². The van der Waals surface area contributed by atoms with Crippen molar-refractivity contribution in [3.05, 3.63) is 58.6 Å². The lowest BCUT2D eigenvalue weighted by atomic mass is 10.2. The Hall–Kier alpha value is -2.68. The van der Waals surface area contributed by atoms with Gasteiger partial charge in [0, 0.05) is 31.9 Å². The van der Waals surface area contributed by atoms with E-state index in [4.69, 9.17) is 9.47 Å². The highest BCUT2D eigenvalue weighted by atomic mass is 79.9. The minimum absolute atomic E-state index is 0.292. The van der Waals surface area contributed by atoms with E-state index in [9.17, 15) is 18.4 Å². The van der Waals surface area contributed by atoms with E-state index >= 15 is 0 Å². The summed E-state index contributed by atoms with van der Waals surface area (Å²) in [7, 11) is 0. The summed E-state index contributed by atoms with van der Waals surface area (Å²) in [6.07, 6.45) is 0. The highest BCUT2D eigenvalue weighted by Crippen LogP contribution is 2.25. The van der Waals surface area contributed by atoms with E-state index in [1.54, 1.807) is 17.0 Å². The molecular weight excluding hydrogens is 450 g/mol. The van der Waals surface area contributed by atoms with Crippen molar-refractivity contribution in [3.8, 4) is 5.75 Å². The summed E-state index contributed by atoms with van der Waals surface area (Å²) in [5.74, 6) is -1.41. The van der Waals surface area contributed by atoms with Crippen LogP contribution in [0.2, 0.25) is 0 Å². The second kappa shape index (κ2) is 9.69. The molecule has 0 unspecified atom stereocenters. The molecule has 2 aromatic carbocycles. The van der Waals surface area contributed by atoms with Gasteiger partial charge in [0.2, 0.25) is 0 Å². The van der Waals surface area contributed by atoms with Gasteiger partial charge in [-0.2, -0.15) is 0 Å². The average molecular weight is 469 g/mol. The average Bonchev–Trinajstić information content (AvgIpc) is 2.72. The van der Waals surface area contributed by atoms with Crippen molar-refractivity contribution in [1.82, 2.24) is 4.90 Å². The van der Waals surface area contributed by atoms with E-state index in [1.165, 1.54) is 30.3 Å². The molecule has 29 heavy (non-hydrogen) atoms. The topological polar surface area (TPSA) is 59.1 Å². The molecule has 1 aliphatic heterocycles. The Morgan fingerprint density at radius 3 is 2.24 bits per heavy atom. The normalized spacial score (nSPS) is 13.9. The van der Waals surface area contributed by atoms with Gasteiger partial charge >= 0.3 is 5.97 Å². The van der Waals surface area contributed by atoms with E-state index in [1.807, 2.05) is 0 Å². The number of amides is 1. The summed E-state index contributed by atoms with van der Waals surface area (Å²) >= 11 is 3.14. The molecule has 0 atom stereocenters. The molecule has 1 saturated heterocycles. The fourth-order valence-electron chi connectivity index (χ4n) is 2.87. The number of piperazine rings is 1. The van der Waals surface area contributed by atoms with Crippen molar-refractivity contribution in [2.75, 3.05) is 44.3 Å². The quantitative estimate of drug-likeness (QED) is 0.610. The van der Waals surface area contributed by atoms with Crippen molar-refractivity contribution >= 4 is 33.5 Å². The molecule has 0 aromatic heterocycles. The summed E-state index contributed by atoms with van der Waals surface area (Å²) in [5.41, 5.74) is 0.897. The zero-order valence-electron chi connectivity index (χ0n) is 15.4. The van der Waals surface area contributed by atoms with Crippen LogP contribution in [0.1, 0.15) is 0 Å². The molecule has 1 amide bonds. The van der Waals surface area contributed by atoms with Crippen LogP contribution in [0.5, 0.6) is 5.75 Å². The third kappa shape index (κ3) is 5.90. The predicted octanol–water partition coefficient (Wildman–Crippen LogP) is 3.00. The third-order valence-electron chi connectivity index (χ3n) is 4.42. The number of carbonyl (C=O) groups excluding carboxylic acids is 2. The number of benzene rings is 2. The molecule has 154 valence electrons. The van der Waals surface area contributed by atoms with Crippen molar-refractivity contribution < 1.29 is 27.8 Å². The van der Waals surface area contributed by atoms with Gasteiger partial charge in [-0.25, -0.2) is 13.6 Å². The monoisotopic (exact) mass is 468 g/mol. The maximum atomic E-state index is 13.0. The Labute approximate surface area is 175 Å². The van der Waals surface area contributed by atoms with Gasteiger partial charge in [-0.1, -0.05) is 0 Å². The van der Waals surface area contributed by atoms with Gasteiger partial charge < -0.3 is 19.3 Å². The molecule has 1 aliphatic rings. The maximum Gasteiger partial charge on any atom is 0.344 e. The smallest absolute Gasteiger partial charge is 0.344 e. The first kappa shape index (κ1) is 21.0. The number of ether oxygens (including phenoxy) is 2. The fraction of sp³-hybridized carbons (Fsp3) is 0.300. The lowest BCUT2D eigenvalue weighted by Crippen LogP contribution is -2.50. The summed E-state index contributed by atoms with van der Waals surface area (Å²) in [4.78, 5) is 27.7. The first-order chi connectivity index (χ1) is 13.9. The summed E-state index contributed by atoms with van der Waals surface area (Å²) in [5, 5.41) is 0. The number of halogens is 3. The molecule has 6 nitrogen and oxygen atoms in total. The Kier molecular flexibility index (Phi) is 7.03. The lowest BCUT2D eigenvalue weighted by Gasteiger charge is -2.36. The Morgan fingerprint density at radius 2 is 1.59 bits per heavy atom. The van der Waals surface area contributed by atoms with Crippen LogP contribution < -0.4 is 9.64 Å². The first-order valence-electron chi connectivity index (χ1n) is 8.94. The number of esters is 1.